The number of carbonyl (C=O) groups excluding carboxylic acids is 1. The predicted octanol–water partition coefficient (Wildman–Crippen LogP) is 3.48. The Bertz CT molecular complexity index is 722. The Morgan fingerprint density at radius 3 is 3.12 bits per heavy atom. The molecular formula is C20H25NO4. The lowest BCUT2D eigenvalue weighted by Gasteiger charge is -2.50. The molecule has 2 aromatic rings. The standard InChI is InChI=1S/C20H25NO4/c1-2-23-14-20-9-5-11-24-18(20)8-10-21(13-20)19(22)17-12-15-6-3-4-7-16(15)25-17/h3-4,6-7,12,18H,2,5,8-11,13-14H2,1H3. The van der Waals surface area contributed by atoms with E-state index in [0.717, 1.165) is 36.8 Å². The van der Waals surface area contributed by atoms with E-state index in [1.54, 1.807) is 0 Å². The van der Waals surface area contributed by atoms with Gasteiger partial charge in [0.25, 0.3) is 5.91 Å². The first-order chi connectivity index (χ1) is 12.2. The number of ether oxygens (including phenoxy) is 2. The first-order valence-electron chi connectivity index (χ1n) is 9.19. The Labute approximate surface area is 147 Å². The summed E-state index contributed by atoms with van der Waals surface area (Å²) in [6, 6.07) is 9.57. The van der Waals surface area contributed by atoms with Gasteiger partial charge in [-0.05, 0) is 38.3 Å². The largest absolute Gasteiger partial charge is 0.451 e. The van der Waals surface area contributed by atoms with Crippen molar-refractivity contribution in [3.8, 4) is 0 Å². The van der Waals surface area contributed by atoms with E-state index in [0.29, 0.717) is 32.1 Å². The van der Waals surface area contributed by atoms with E-state index < -0.39 is 0 Å². The van der Waals surface area contributed by atoms with E-state index in [-0.39, 0.29) is 17.4 Å². The molecule has 0 spiro atoms. The molecule has 2 aliphatic rings. The zero-order valence-electron chi connectivity index (χ0n) is 14.7. The van der Waals surface area contributed by atoms with Crippen LogP contribution in [0.25, 0.3) is 11.0 Å². The summed E-state index contributed by atoms with van der Waals surface area (Å²) in [4.78, 5) is 14.9. The normalized spacial score (nSPS) is 26.6. The molecule has 2 unspecified atom stereocenters. The van der Waals surface area contributed by atoms with Crippen LogP contribution < -0.4 is 0 Å². The molecule has 2 fully saturated rings. The number of piperidine rings is 1. The van der Waals surface area contributed by atoms with Crippen molar-refractivity contribution in [3.63, 3.8) is 0 Å². The summed E-state index contributed by atoms with van der Waals surface area (Å²) in [5.74, 6) is 0.388. The molecule has 3 heterocycles. The van der Waals surface area contributed by atoms with Crippen molar-refractivity contribution in [2.45, 2.75) is 32.3 Å². The van der Waals surface area contributed by atoms with E-state index in [9.17, 15) is 4.79 Å². The summed E-state index contributed by atoms with van der Waals surface area (Å²) >= 11 is 0. The Morgan fingerprint density at radius 2 is 2.28 bits per heavy atom. The third-order valence-electron chi connectivity index (χ3n) is 5.51. The number of amides is 1. The third-order valence-corrected chi connectivity index (χ3v) is 5.51. The molecule has 2 saturated heterocycles. The number of fused-ring (bicyclic) bond motifs is 2. The van der Waals surface area contributed by atoms with Crippen LogP contribution in [-0.2, 0) is 9.47 Å². The van der Waals surface area contributed by atoms with E-state index in [2.05, 4.69) is 0 Å². The van der Waals surface area contributed by atoms with Crippen molar-refractivity contribution >= 4 is 16.9 Å². The molecular weight excluding hydrogens is 318 g/mol. The number of hydrogen-bond donors (Lipinski definition) is 0. The Hall–Kier alpha value is -1.85. The molecule has 5 nitrogen and oxygen atoms in total. The molecule has 0 saturated carbocycles. The summed E-state index contributed by atoms with van der Waals surface area (Å²) in [6.07, 6.45) is 3.11. The third kappa shape index (κ3) is 3.07. The van der Waals surface area contributed by atoms with Crippen LogP contribution in [0.15, 0.2) is 34.7 Å². The summed E-state index contributed by atoms with van der Waals surface area (Å²) in [7, 11) is 0. The molecule has 0 bridgehead atoms. The maximum Gasteiger partial charge on any atom is 0.289 e. The van der Waals surface area contributed by atoms with E-state index in [1.165, 1.54) is 0 Å². The zero-order chi connectivity index (χ0) is 17.3. The van der Waals surface area contributed by atoms with Gasteiger partial charge in [0.05, 0.1) is 12.7 Å². The molecule has 25 heavy (non-hydrogen) atoms. The number of para-hydroxylation sites is 1. The number of likely N-dealkylation sites (tertiary alicyclic amines) is 1. The topological polar surface area (TPSA) is 51.9 Å². The Morgan fingerprint density at radius 1 is 1.40 bits per heavy atom. The minimum Gasteiger partial charge on any atom is -0.451 e. The van der Waals surface area contributed by atoms with Gasteiger partial charge in [0.2, 0.25) is 0 Å². The maximum absolute atomic E-state index is 13.0. The van der Waals surface area contributed by atoms with Crippen molar-refractivity contribution in [3.05, 3.63) is 36.1 Å². The molecule has 134 valence electrons. The highest BCUT2D eigenvalue weighted by molar-refractivity contribution is 5.96. The van der Waals surface area contributed by atoms with E-state index in [4.69, 9.17) is 13.9 Å². The summed E-state index contributed by atoms with van der Waals surface area (Å²) < 4.78 is 17.6. The van der Waals surface area contributed by atoms with Gasteiger partial charge in [-0.15, -0.1) is 0 Å². The lowest BCUT2D eigenvalue weighted by atomic mass is 9.73. The lowest BCUT2D eigenvalue weighted by Crippen LogP contribution is -2.58. The maximum atomic E-state index is 13.0. The minimum absolute atomic E-state index is 0.0314. The molecule has 4 rings (SSSR count). The highest BCUT2D eigenvalue weighted by Crippen LogP contribution is 2.41. The average Bonchev–Trinajstić information content (AvgIpc) is 3.09. The van der Waals surface area contributed by atoms with Crippen LogP contribution in [-0.4, -0.2) is 49.8 Å². The molecule has 0 radical (unpaired) electrons. The van der Waals surface area contributed by atoms with E-state index in [1.807, 2.05) is 42.2 Å². The van der Waals surface area contributed by atoms with E-state index >= 15 is 0 Å². The number of rotatable bonds is 4. The average molecular weight is 343 g/mol. The number of nitrogens with zero attached hydrogens (tertiary/aromatic N) is 1. The van der Waals surface area contributed by atoms with Crippen molar-refractivity contribution in [1.82, 2.24) is 4.90 Å². The highest BCUT2D eigenvalue weighted by Gasteiger charge is 2.47. The van der Waals surface area contributed by atoms with Gasteiger partial charge in [-0.3, -0.25) is 4.79 Å². The summed E-state index contributed by atoms with van der Waals surface area (Å²) in [6.45, 7) is 5.54. The smallest absolute Gasteiger partial charge is 0.289 e. The zero-order valence-corrected chi connectivity index (χ0v) is 14.7. The molecule has 5 heteroatoms. The predicted molar refractivity (Wildman–Crippen MR) is 94.6 cm³/mol. The van der Waals surface area contributed by atoms with Gasteiger partial charge in [0.1, 0.15) is 5.58 Å². The SMILES string of the molecule is CCOCC12CCCOC1CCN(C(=O)c1cc3ccccc3o1)C2. The minimum atomic E-state index is -0.0891. The summed E-state index contributed by atoms with van der Waals surface area (Å²) in [5.41, 5.74) is 0.666. The fourth-order valence-electron chi connectivity index (χ4n) is 4.22. The number of furan rings is 1. The van der Waals surface area contributed by atoms with Gasteiger partial charge >= 0.3 is 0 Å². The fourth-order valence-corrected chi connectivity index (χ4v) is 4.22. The van der Waals surface area contributed by atoms with Gasteiger partial charge in [-0.2, -0.15) is 0 Å². The second kappa shape index (κ2) is 6.81. The molecule has 0 N–H and O–H groups in total. The molecule has 2 atom stereocenters. The van der Waals surface area contributed by atoms with Crippen molar-refractivity contribution < 1.29 is 18.7 Å². The van der Waals surface area contributed by atoms with Gasteiger partial charge in [0.15, 0.2) is 5.76 Å². The molecule has 1 amide bonds. The number of hydrogen-bond acceptors (Lipinski definition) is 4. The summed E-state index contributed by atoms with van der Waals surface area (Å²) in [5, 5.41) is 0.964. The van der Waals surface area contributed by atoms with Crippen LogP contribution in [0.2, 0.25) is 0 Å². The van der Waals surface area contributed by atoms with Gasteiger partial charge in [0, 0.05) is 37.1 Å². The van der Waals surface area contributed by atoms with Gasteiger partial charge < -0.3 is 18.8 Å². The molecule has 0 aliphatic carbocycles. The number of benzene rings is 1. The van der Waals surface area contributed by atoms with Gasteiger partial charge in [-0.1, -0.05) is 18.2 Å². The second-order valence-electron chi connectivity index (χ2n) is 7.13. The second-order valence-corrected chi connectivity index (χ2v) is 7.13. The van der Waals surface area contributed by atoms with Crippen LogP contribution in [0, 0.1) is 5.41 Å². The van der Waals surface area contributed by atoms with Crippen molar-refractivity contribution in [2.24, 2.45) is 5.41 Å². The Kier molecular flexibility index (Phi) is 4.52. The van der Waals surface area contributed by atoms with Crippen LogP contribution in [0.1, 0.15) is 36.7 Å². The highest BCUT2D eigenvalue weighted by atomic mass is 16.5. The van der Waals surface area contributed by atoms with Crippen molar-refractivity contribution in [2.75, 3.05) is 32.9 Å². The van der Waals surface area contributed by atoms with Crippen molar-refractivity contribution in [1.29, 1.82) is 0 Å². The molecule has 1 aromatic carbocycles. The lowest BCUT2D eigenvalue weighted by molar-refractivity contribution is -0.146. The van der Waals surface area contributed by atoms with Crippen LogP contribution in [0.3, 0.4) is 0 Å². The van der Waals surface area contributed by atoms with Crippen LogP contribution in [0.5, 0.6) is 0 Å². The first kappa shape index (κ1) is 16.6. The Balaban J connectivity index is 1.56. The quantitative estimate of drug-likeness (QED) is 0.853. The monoisotopic (exact) mass is 343 g/mol. The fraction of sp³-hybridized carbons (Fsp3) is 0.550. The first-order valence-corrected chi connectivity index (χ1v) is 9.19. The molecule has 1 aromatic heterocycles. The number of carbonyl (C=O) groups is 1. The van der Waals surface area contributed by atoms with Crippen LogP contribution in [0.4, 0.5) is 0 Å². The van der Waals surface area contributed by atoms with Crippen LogP contribution >= 0.6 is 0 Å². The molecule has 2 aliphatic heterocycles. The van der Waals surface area contributed by atoms with Gasteiger partial charge in [-0.25, -0.2) is 0 Å².